The van der Waals surface area contributed by atoms with Crippen molar-refractivity contribution in [3.05, 3.63) is 36.1 Å². The van der Waals surface area contributed by atoms with Crippen molar-refractivity contribution in [3.8, 4) is 0 Å². The Balaban J connectivity index is 2.19. The zero-order valence-corrected chi connectivity index (χ0v) is 12.7. The molecular formula is C15H18BrNO2. The molecule has 0 aliphatic heterocycles. The fraction of sp³-hybridized carbons (Fsp3) is 0.400. The van der Waals surface area contributed by atoms with Gasteiger partial charge in [-0.3, -0.25) is 4.79 Å². The number of hydrogen-bond donors (Lipinski definition) is 1. The van der Waals surface area contributed by atoms with Crippen molar-refractivity contribution in [2.24, 2.45) is 5.92 Å². The topological polar surface area (TPSA) is 42.2 Å². The number of furan rings is 1. The van der Waals surface area contributed by atoms with E-state index in [0.717, 1.165) is 22.7 Å². The summed E-state index contributed by atoms with van der Waals surface area (Å²) < 4.78 is 5.40. The molecule has 0 saturated carbocycles. The molecule has 0 spiro atoms. The zero-order valence-electron chi connectivity index (χ0n) is 11.2. The van der Waals surface area contributed by atoms with Crippen molar-refractivity contribution in [3.63, 3.8) is 0 Å². The number of nitrogens with one attached hydrogen (secondary N) is 1. The van der Waals surface area contributed by atoms with Gasteiger partial charge in [0.2, 0.25) is 0 Å². The molecule has 1 aromatic carbocycles. The summed E-state index contributed by atoms with van der Waals surface area (Å²) >= 11 is 3.43. The van der Waals surface area contributed by atoms with Crippen LogP contribution in [0.15, 0.2) is 34.9 Å². The van der Waals surface area contributed by atoms with Crippen molar-refractivity contribution < 1.29 is 9.21 Å². The minimum absolute atomic E-state index is 0.0652. The maximum absolute atomic E-state index is 12.3. The highest BCUT2D eigenvalue weighted by Gasteiger charge is 2.19. The van der Waals surface area contributed by atoms with Crippen LogP contribution in [0.2, 0.25) is 0 Å². The third kappa shape index (κ3) is 3.18. The van der Waals surface area contributed by atoms with Crippen LogP contribution in [0.25, 0.3) is 11.0 Å². The molecule has 0 aliphatic carbocycles. The van der Waals surface area contributed by atoms with Gasteiger partial charge in [-0.1, -0.05) is 48.0 Å². The molecule has 0 bridgehead atoms. The van der Waals surface area contributed by atoms with Crippen molar-refractivity contribution in [2.45, 2.75) is 26.3 Å². The SMILES string of the molecule is CC(C)C(CCBr)NC(=O)c1coc2ccccc12. The van der Waals surface area contributed by atoms with Gasteiger partial charge in [0.1, 0.15) is 11.8 Å². The number of carbonyl (C=O) groups is 1. The van der Waals surface area contributed by atoms with Crippen LogP contribution in [-0.2, 0) is 0 Å². The first-order valence-electron chi connectivity index (χ1n) is 6.46. The van der Waals surface area contributed by atoms with Gasteiger partial charge in [0.25, 0.3) is 5.91 Å². The van der Waals surface area contributed by atoms with Crippen LogP contribution >= 0.6 is 15.9 Å². The number of amides is 1. The lowest BCUT2D eigenvalue weighted by atomic mass is 10.0. The molecule has 2 rings (SSSR count). The molecule has 1 amide bonds. The minimum atomic E-state index is -0.0652. The zero-order chi connectivity index (χ0) is 13.8. The summed E-state index contributed by atoms with van der Waals surface area (Å²) in [6, 6.07) is 7.75. The first-order valence-corrected chi connectivity index (χ1v) is 7.58. The average Bonchev–Trinajstić information content (AvgIpc) is 2.81. The van der Waals surface area contributed by atoms with E-state index in [1.54, 1.807) is 0 Å². The van der Waals surface area contributed by atoms with E-state index in [9.17, 15) is 4.79 Å². The maximum Gasteiger partial charge on any atom is 0.255 e. The Labute approximate surface area is 121 Å². The Bertz CT molecular complexity index is 562. The Hall–Kier alpha value is -1.29. The molecule has 1 aromatic heterocycles. The van der Waals surface area contributed by atoms with Gasteiger partial charge in [-0.25, -0.2) is 0 Å². The first-order chi connectivity index (χ1) is 9.13. The molecule has 1 atom stereocenters. The van der Waals surface area contributed by atoms with E-state index in [1.807, 2.05) is 24.3 Å². The fourth-order valence-electron chi connectivity index (χ4n) is 2.09. The second kappa shape index (κ2) is 6.24. The van der Waals surface area contributed by atoms with Gasteiger partial charge < -0.3 is 9.73 Å². The molecule has 102 valence electrons. The van der Waals surface area contributed by atoms with Gasteiger partial charge in [-0.05, 0) is 18.4 Å². The summed E-state index contributed by atoms with van der Waals surface area (Å²) in [5.41, 5.74) is 1.35. The van der Waals surface area contributed by atoms with Gasteiger partial charge in [-0.2, -0.15) is 0 Å². The normalized spacial score (nSPS) is 12.8. The average molecular weight is 324 g/mol. The molecule has 0 radical (unpaired) electrons. The molecule has 1 unspecified atom stereocenters. The molecule has 2 aromatic rings. The predicted molar refractivity (Wildman–Crippen MR) is 80.7 cm³/mol. The first kappa shape index (κ1) is 14.1. The van der Waals surface area contributed by atoms with Crippen LogP contribution in [0, 0.1) is 5.92 Å². The van der Waals surface area contributed by atoms with E-state index >= 15 is 0 Å². The van der Waals surface area contributed by atoms with Crippen LogP contribution in [0.1, 0.15) is 30.6 Å². The maximum atomic E-state index is 12.3. The van der Waals surface area contributed by atoms with E-state index in [2.05, 4.69) is 35.1 Å². The third-order valence-corrected chi connectivity index (χ3v) is 3.72. The summed E-state index contributed by atoms with van der Waals surface area (Å²) in [5.74, 6) is 0.337. The van der Waals surface area contributed by atoms with Gasteiger partial charge in [0.15, 0.2) is 0 Å². The highest BCUT2D eigenvalue weighted by molar-refractivity contribution is 9.09. The van der Waals surface area contributed by atoms with E-state index in [0.29, 0.717) is 11.5 Å². The molecular weight excluding hydrogens is 306 g/mol. The minimum Gasteiger partial charge on any atom is -0.463 e. The summed E-state index contributed by atoms with van der Waals surface area (Å²) in [5, 5.41) is 4.82. The largest absolute Gasteiger partial charge is 0.463 e. The highest BCUT2D eigenvalue weighted by Crippen LogP contribution is 2.21. The third-order valence-electron chi connectivity index (χ3n) is 3.27. The van der Waals surface area contributed by atoms with Crippen LogP contribution in [0.3, 0.4) is 0 Å². The fourth-order valence-corrected chi connectivity index (χ4v) is 2.58. The van der Waals surface area contributed by atoms with Crippen LogP contribution < -0.4 is 5.32 Å². The highest BCUT2D eigenvalue weighted by atomic mass is 79.9. The van der Waals surface area contributed by atoms with Crippen LogP contribution in [0.5, 0.6) is 0 Å². The van der Waals surface area contributed by atoms with Gasteiger partial charge in [0, 0.05) is 16.8 Å². The lowest BCUT2D eigenvalue weighted by Gasteiger charge is -2.21. The number of fused-ring (bicyclic) bond motifs is 1. The monoisotopic (exact) mass is 323 g/mol. The van der Waals surface area contributed by atoms with E-state index < -0.39 is 0 Å². The van der Waals surface area contributed by atoms with Gasteiger partial charge in [-0.15, -0.1) is 0 Å². The van der Waals surface area contributed by atoms with Gasteiger partial charge in [0.05, 0.1) is 5.56 Å². The number of benzene rings is 1. The van der Waals surface area contributed by atoms with Crippen molar-refractivity contribution >= 4 is 32.8 Å². The Morgan fingerprint density at radius 3 is 2.79 bits per heavy atom. The van der Waals surface area contributed by atoms with Crippen LogP contribution in [0.4, 0.5) is 0 Å². The molecule has 0 aliphatic rings. The van der Waals surface area contributed by atoms with Crippen molar-refractivity contribution in [2.75, 3.05) is 5.33 Å². The molecule has 1 heterocycles. The predicted octanol–water partition coefficient (Wildman–Crippen LogP) is 3.97. The van der Waals surface area contributed by atoms with Gasteiger partial charge >= 0.3 is 0 Å². The molecule has 1 N–H and O–H groups in total. The Morgan fingerprint density at radius 1 is 1.37 bits per heavy atom. The van der Waals surface area contributed by atoms with E-state index in [-0.39, 0.29) is 11.9 Å². The second-order valence-electron chi connectivity index (χ2n) is 4.95. The Morgan fingerprint density at radius 2 is 2.11 bits per heavy atom. The second-order valence-corrected chi connectivity index (χ2v) is 5.74. The number of para-hydroxylation sites is 1. The molecule has 3 nitrogen and oxygen atoms in total. The molecule has 0 saturated heterocycles. The number of hydrogen-bond acceptors (Lipinski definition) is 2. The number of rotatable bonds is 5. The van der Waals surface area contributed by atoms with Crippen molar-refractivity contribution in [1.29, 1.82) is 0 Å². The lowest BCUT2D eigenvalue weighted by Crippen LogP contribution is -2.38. The van der Waals surface area contributed by atoms with Crippen molar-refractivity contribution in [1.82, 2.24) is 5.32 Å². The quantitative estimate of drug-likeness (QED) is 0.846. The summed E-state index contributed by atoms with van der Waals surface area (Å²) in [7, 11) is 0. The standard InChI is InChI=1S/C15H18BrNO2/c1-10(2)13(7-8-16)17-15(18)12-9-19-14-6-4-3-5-11(12)14/h3-6,9-10,13H,7-8H2,1-2H3,(H,17,18). The number of halogens is 1. The summed E-state index contributed by atoms with van der Waals surface area (Å²) in [6.07, 6.45) is 2.45. The summed E-state index contributed by atoms with van der Waals surface area (Å²) in [4.78, 5) is 12.3. The number of alkyl halides is 1. The number of carbonyl (C=O) groups excluding carboxylic acids is 1. The summed E-state index contributed by atoms with van der Waals surface area (Å²) in [6.45, 7) is 4.22. The molecule has 0 fully saturated rings. The van der Waals surface area contributed by atoms with Crippen LogP contribution in [-0.4, -0.2) is 17.3 Å². The Kier molecular flexibility index (Phi) is 4.64. The van der Waals surface area contributed by atoms with E-state index in [4.69, 9.17) is 4.42 Å². The molecule has 19 heavy (non-hydrogen) atoms. The van der Waals surface area contributed by atoms with E-state index in [1.165, 1.54) is 6.26 Å². The lowest BCUT2D eigenvalue weighted by molar-refractivity contribution is 0.0926. The molecule has 4 heteroatoms. The smallest absolute Gasteiger partial charge is 0.255 e.